The van der Waals surface area contributed by atoms with E-state index in [1.165, 1.54) is 0 Å². The Morgan fingerprint density at radius 1 is 1.15 bits per heavy atom. The average Bonchev–Trinajstić information content (AvgIpc) is 2.89. The Labute approximate surface area is 157 Å². The molecular formula is C18H33N3O4S. The molecule has 0 aliphatic carbocycles. The van der Waals surface area contributed by atoms with Gasteiger partial charge >= 0.3 is 0 Å². The minimum absolute atomic E-state index is 0.116. The number of amides is 1. The maximum Gasteiger partial charge on any atom is 0.229 e. The van der Waals surface area contributed by atoms with E-state index in [2.05, 4.69) is 21.4 Å². The van der Waals surface area contributed by atoms with Gasteiger partial charge < -0.3 is 9.64 Å². The van der Waals surface area contributed by atoms with Gasteiger partial charge in [-0.05, 0) is 39.0 Å². The Morgan fingerprint density at radius 3 is 2.31 bits per heavy atom. The van der Waals surface area contributed by atoms with Gasteiger partial charge in [0, 0.05) is 51.5 Å². The van der Waals surface area contributed by atoms with Gasteiger partial charge in [0.05, 0.1) is 11.2 Å². The molecule has 0 aromatic heterocycles. The van der Waals surface area contributed by atoms with Gasteiger partial charge in [-0.1, -0.05) is 6.92 Å². The van der Waals surface area contributed by atoms with Crippen LogP contribution in [0.5, 0.6) is 0 Å². The normalized spacial score (nSPS) is 29.1. The summed E-state index contributed by atoms with van der Waals surface area (Å²) in [5.74, 6) is 0.428. The van der Waals surface area contributed by atoms with E-state index >= 15 is 0 Å². The molecule has 1 amide bonds. The Hall–Kier alpha value is -0.700. The van der Waals surface area contributed by atoms with Gasteiger partial charge in [-0.3, -0.25) is 9.69 Å². The Balaban J connectivity index is 1.58. The van der Waals surface area contributed by atoms with Crippen LogP contribution < -0.4 is 4.72 Å². The number of carbonyl (C=O) groups is 1. The molecule has 0 aromatic rings. The van der Waals surface area contributed by atoms with Crippen molar-refractivity contribution in [1.29, 1.82) is 0 Å². The van der Waals surface area contributed by atoms with E-state index in [9.17, 15) is 13.2 Å². The van der Waals surface area contributed by atoms with Crippen LogP contribution in [0.15, 0.2) is 0 Å². The third kappa shape index (κ3) is 4.08. The SMILES string of the molecule is CCC1(C(=O)N2CC3CCC(C2)N3CCNS(=O)(=O)CC)CCOCC1. The molecule has 2 unspecified atom stereocenters. The first-order chi connectivity index (χ1) is 12.4. The molecule has 0 saturated carbocycles. The van der Waals surface area contributed by atoms with Crippen molar-refractivity contribution in [2.45, 2.75) is 58.0 Å². The van der Waals surface area contributed by atoms with Crippen molar-refractivity contribution in [3.8, 4) is 0 Å². The quantitative estimate of drug-likeness (QED) is 0.699. The molecule has 150 valence electrons. The molecule has 3 rings (SSSR count). The maximum absolute atomic E-state index is 13.3. The fourth-order valence-corrected chi connectivity index (χ4v) is 5.38. The van der Waals surface area contributed by atoms with Gasteiger partial charge in [-0.25, -0.2) is 13.1 Å². The summed E-state index contributed by atoms with van der Waals surface area (Å²) in [6, 6.07) is 0.718. The summed E-state index contributed by atoms with van der Waals surface area (Å²) < 4.78 is 31.4. The molecule has 7 nitrogen and oxygen atoms in total. The van der Waals surface area contributed by atoms with E-state index < -0.39 is 10.0 Å². The third-order valence-corrected chi connectivity index (χ3v) is 7.98. The number of hydrogen-bond acceptors (Lipinski definition) is 5. The highest BCUT2D eigenvalue weighted by molar-refractivity contribution is 7.89. The van der Waals surface area contributed by atoms with Gasteiger partial charge in [-0.15, -0.1) is 0 Å². The van der Waals surface area contributed by atoms with Gasteiger partial charge in [0.1, 0.15) is 0 Å². The smallest absolute Gasteiger partial charge is 0.229 e. The molecule has 2 bridgehead atoms. The number of carbonyl (C=O) groups excluding carboxylic acids is 1. The zero-order chi connectivity index (χ0) is 18.8. The average molecular weight is 388 g/mol. The second-order valence-electron chi connectivity index (χ2n) is 7.88. The number of fused-ring (bicyclic) bond motifs is 2. The second kappa shape index (κ2) is 8.12. The molecule has 3 fully saturated rings. The summed E-state index contributed by atoms with van der Waals surface area (Å²) in [4.78, 5) is 17.8. The zero-order valence-electron chi connectivity index (χ0n) is 16.1. The van der Waals surface area contributed by atoms with Crippen LogP contribution in [0.1, 0.15) is 46.0 Å². The first-order valence-corrected chi connectivity index (χ1v) is 11.7. The number of likely N-dealkylation sites (tertiary alicyclic amines) is 1. The highest BCUT2D eigenvalue weighted by Gasteiger charge is 2.46. The van der Waals surface area contributed by atoms with Crippen molar-refractivity contribution in [3.05, 3.63) is 0 Å². The van der Waals surface area contributed by atoms with Gasteiger partial charge in [-0.2, -0.15) is 0 Å². The second-order valence-corrected chi connectivity index (χ2v) is 9.97. The highest BCUT2D eigenvalue weighted by Crippen LogP contribution is 2.38. The van der Waals surface area contributed by atoms with E-state index in [0.29, 0.717) is 37.7 Å². The maximum atomic E-state index is 13.3. The lowest BCUT2D eigenvalue weighted by Crippen LogP contribution is -2.59. The number of sulfonamides is 1. The molecule has 3 aliphatic rings. The number of ether oxygens (including phenoxy) is 1. The third-order valence-electron chi connectivity index (χ3n) is 6.57. The Kier molecular flexibility index (Phi) is 6.26. The Morgan fingerprint density at radius 2 is 1.77 bits per heavy atom. The molecule has 0 radical (unpaired) electrons. The molecule has 2 atom stereocenters. The largest absolute Gasteiger partial charge is 0.381 e. The van der Waals surface area contributed by atoms with Crippen molar-refractivity contribution in [2.75, 3.05) is 45.1 Å². The number of nitrogens with one attached hydrogen (secondary N) is 1. The van der Waals surface area contributed by atoms with Crippen LogP contribution in [0.25, 0.3) is 0 Å². The summed E-state index contributed by atoms with van der Waals surface area (Å²) in [5, 5.41) is 0. The van der Waals surface area contributed by atoms with E-state index in [1.807, 2.05) is 0 Å². The van der Waals surface area contributed by atoms with Crippen LogP contribution in [0, 0.1) is 5.41 Å². The topological polar surface area (TPSA) is 79.0 Å². The minimum atomic E-state index is -3.14. The molecule has 3 saturated heterocycles. The van der Waals surface area contributed by atoms with E-state index in [0.717, 1.165) is 51.7 Å². The lowest BCUT2D eigenvalue weighted by atomic mass is 9.76. The predicted octanol–water partition coefficient (Wildman–Crippen LogP) is 0.808. The monoisotopic (exact) mass is 387 g/mol. The number of nitrogens with zero attached hydrogens (tertiary/aromatic N) is 2. The van der Waals surface area contributed by atoms with Crippen LogP contribution in [0.4, 0.5) is 0 Å². The Bertz CT molecular complexity index is 590. The first-order valence-electron chi connectivity index (χ1n) is 10.0. The lowest BCUT2D eigenvalue weighted by molar-refractivity contribution is -0.151. The van der Waals surface area contributed by atoms with Crippen molar-refractivity contribution in [1.82, 2.24) is 14.5 Å². The van der Waals surface area contributed by atoms with Crippen LogP contribution in [0.2, 0.25) is 0 Å². The summed E-state index contributed by atoms with van der Waals surface area (Å²) in [6.07, 6.45) is 4.73. The predicted molar refractivity (Wildman–Crippen MR) is 100 cm³/mol. The van der Waals surface area contributed by atoms with E-state index in [1.54, 1.807) is 6.92 Å². The fraction of sp³-hybridized carbons (Fsp3) is 0.944. The molecule has 1 N–H and O–H groups in total. The van der Waals surface area contributed by atoms with Crippen LogP contribution in [-0.4, -0.2) is 81.4 Å². The molecular weight excluding hydrogens is 354 g/mol. The lowest BCUT2D eigenvalue weighted by Gasteiger charge is -2.45. The number of rotatable bonds is 7. The molecule has 3 heterocycles. The van der Waals surface area contributed by atoms with E-state index in [4.69, 9.17) is 4.74 Å². The van der Waals surface area contributed by atoms with Crippen LogP contribution in [0.3, 0.4) is 0 Å². The molecule has 0 aromatic carbocycles. The van der Waals surface area contributed by atoms with E-state index in [-0.39, 0.29) is 11.2 Å². The summed E-state index contributed by atoms with van der Waals surface area (Å²) >= 11 is 0. The minimum Gasteiger partial charge on any atom is -0.381 e. The van der Waals surface area contributed by atoms with Crippen molar-refractivity contribution in [3.63, 3.8) is 0 Å². The molecule has 0 spiro atoms. The zero-order valence-corrected chi connectivity index (χ0v) is 16.9. The van der Waals surface area contributed by atoms with Crippen molar-refractivity contribution >= 4 is 15.9 Å². The number of hydrogen-bond donors (Lipinski definition) is 1. The summed E-state index contributed by atoms with van der Waals surface area (Å²) in [5.41, 5.74) is -0.239. The van der Waals surface area contributed by atoms with Crippen molar-refractivity contribution in [2.24, 2.45) is 5.41 Å². The van der Waals surface area contributed by atoms with Crippen molar-refractivity contribution < 1.29 is 17.9 Å². The fourth-order valence-electron chi connectivity index (χ4n) is 4.77. The standard InChI is InChI=1S/C18H33N3O4S/c1-3-18(7-11-25-12-8-18)17(22)20-13-15-5-6-16(14-20)21(15)10-9-19-26(23,24)4-2/h15-16,19H,3-14H2,1-2H3. The molecule has 8 heteroatoms. The first kappa shape index (κ1) is 20.0. The van der Waals surface area contributed by atoms with Gasteiger partial charge in [0.15, 0.2) is 0 Å². The highest BCUT2D eigenvalue weighted by atomic mass is 32.2. The van der Waals surface area contributed by atoms with Crippen LogP contribution in [-0.2, 0) is 19.6 Å². The van der Waals surface area contributed by atoms with Gasteiger partial charge in [0.2, 0.25) is 15.9 Å². The number of piperazine rings is 1. The molecule has 3 aliphatic heterocycles. The van der Waals surface area contributed by atoms with Crippen LogP contribution >= 0.6 is 0 Å². The summed E-state index contributed by atoms with van der Waals surface area (Å²) in [6.45, 7) is 7.87. The van der Waals surface area contributed by atoms with Gasteiger partial charge in [0.25, 0.3) is 0 Å². The molecule has 26 heavy (non-hydrogen) atoms. The summed E-state index contributed by atoms with van der Waals surface area (Å²) in [7, 11) is -3.14.